The first-order chi connectivity index (χ1) is 12.1. The van der Waals surface area contributed by atoms with Gasteiger partial charge < -0.3 is 19.9 Å². The Morgan fingerprint density at radius 1 is 1.28 bits per heavy atom. The van der Waals surface area contributed by atoms with Crippen molar-refractivity contribution < 1.29 is 14.3 Å². The van der Waals surface area contributed by atoms with E-state index in [1.807, 2.05) is 24.3 Å². The highest BCUT2D eigenvalue weighted by molar-refractivity contribution is 5.82. The Kier molecular flexibility index (Phi) is 5.02. The number of ether oxygens (including phenoxy) is 1. The van der Waals surface area contributed by atoms with E-state index in [4.69, 9.17) is 4.74 Å². The summed E-state index contributed by atoms with van der Waals surface area (Å²) in [6, 6.07) is 9.23. The number of methoxy groups -OCH3 is 1. The third-order valence-corrected chi connectivity index (χ3v) is 4.47. The molecule has 132 valence electrons. The summed E-state index contributed by atoms with van der Waals surface area (Å²) in [5, 5.41) is 3.85. The number of aromatic nitrogens is 1. The molecule has 1 fully saturated rings. The number of likely N-dealkylation sites (tertiary alicyclic amines) is 1. The van der Waals surface area contributed by atoms with Crippen LogP contribution < -0.4 is 10.9 Å². The van der Waals surface area contributed by atoms with E-state index < -0.39 is 0 Å². The number of fused-ring (bicyclic) bond motifs is 1. The van der Waals surface area contributed by atoms with Crippen LogP contribution >= 0.6 is 0 Å². The number of hydrogen-bond acceptors (Lipinski definition) is 4. The van der Waals surface area contributed by atoms with Crippen LogP contribution in [0.1, 0.15) is 18.4 Å². The van der Waals surface area contributed by atoms with E-state index in [1.165, 1.54) is 7.11 Å². The fourth-order valence-electron chi connectivity index (χ4n) is 3.11. The molecule has 1 aromatic heterocycles. The van der Waals surface area contributed by atoms with Crippen molar-refractivity contribution in [3.8, 4) is 0 Å². The average Bonchev–Trinajstić information content (AvgIpc) is 2.62. The van der Waals surface area contributed by atoms with Crippen LogP contribution in [0.15, 0.2) is 35.1 Å². The van der Waals surface area contributed by atoms with Gasteiger partial charge in [-0.05, 0) is 30.4 Å². The molecule has 0 spiro atoms. The standard InChI is InChI=1S/C18H21N3O4/c1-25-18(24)21-8-6-14(7-9-21)19-16(22)11-13-10-12-4-2-3-5-15(12)20-17(13)23/h2-5,10,14H,6-9,11H2,1H3,(H,19,22)(H,20,23). The number of pyridine rings is 1. The molecule has 0 aliphatic carbocycles. The molecule has 0 radical (unpaired) electrons. The van der Waals surface area contributed by atoms with Gasteiger partial charge in [-0.1, -0.05) is 18.2 Å². The predicted molar refractivity (Wildman–Crippen MR) is 93.4 cm³/mol. The number of H-pyrrole nitrogens is 1. The van der Waals surface area contributed by atoms with Crippen molar-refractivity contribution >= 4 is 22.9 Å². The number of rotatable bonds is 3. The van der Waals surface area contributed by atoms with Gasteiger partial charge in [-0.2, -0.15) is 0 Å². The molecule has 7 nitrogen and oxygen atoms in total. The first-order valence-corrected chi connectivity index (χ1v) is 8.30. The van der Waals surface area contributed by atoms with Gasteiger partial charge in [-0.15, -0.1) is 0 Å². The number of aromatic amines is 1. The van der Waals surface area contributed by atoms with Crippen molar-refractivity contribution in [2.75, 3.05) is 20.2 Å². The van der Waals surface area contributed by atoms with E-state index in [2.05, 4.69) is 10.3 Å². The zero-order valence-corrected chi connectivity index (χ0v) is 14.1. The second-order valence-corrected chi connectivity index (χ2v) is 6.19. The summed E-state index contributed by atoms with van der Waals surface area (Å²) < 4.78 is 4.69. The molecule has 1 saturated heterocycles. The molecule has 0 saturated carbocycles. The Morgan fingerprint density at radius 3 is 2.72 bits per heavy atom. The lowest BCUT2D eigenvalue weighted by Crippen LogP contribution is -2.47. The SMILES string of the molecule is COC(=O)N1CCC(NC(=O)Cc2cc3ccccc3[nH]c2=O)CC1. The monoisotopic (exact) mass is 343 g/mol. The number of nitrogens with zero attached hydrogens (tertiary/aromatic N) is 1. The summed E-state index contributed by atoms with van der Waals surface area (Å²) in [5.41, 5.74) is 0.962. The first kappa shape index (κ1) is 17.0. The molecule has 2 aromatic rings. The number of benzene rings is 1. The van der Waals surface area contributed by atoms with Crippen molar-refractivity contribution in [1.82, 2.24) is 15.2 Å². The first-order valence-electron chi connectivity index (χ1n) is 8.30. The van der Waals surface area contributed by atoms with E-state index in [0.717, 1.165) is 10.9 Å². The van der Waals surface area contributed by atoms with Gasteiger partial charge in [0.25, 0.3) is 5.56 Å². The van der Waals surface area contributed by atoms with Crippen molar-refractivity contribution in [2.45, 2.75) is 25.3 Å². The van der Waals surface area contributed by atoms with Crippen molar-refractivity contribution in [3.63, 3.8) is 0 Å². The Morgan fingerprint density at radius 2 is 2.00 bits per heavy atom. The van der Waals surface area contributed by atoms with Gasteiger partial charge in [0, 0.05) is 30.2 Å². The molecule has 3 rings (SSSR count). The van der Waals surface area contributed by atoms with E-state index in [1.54, 1.807) is 11.0 Å². The largest absolute Gasteiger partial charge is 0.453 e. The minimum absolute atomic E-state index is 0.00736. The Bertz CT molecular complexity index is 838. The van der Waals surface area contributed by atoms with E-state index in [9.17, 15) is 14.4 Å². The molecule has 2 N–H and O–H groups in total. The Labute approximate surface area is 145 Å². The number of hydrogen-bond donors (Lipinski definition) is 2. The van der Waals surface area contributed by atoms with E-state index in [-0.39, 0.29) is 30.0 Å². The fraction of sp³-hybridized carbons (Fsp3) is 0.389. The second-order valence-electron chi connectivity index (χ2n) is 6.19. The predicted octanol–water partition coefficient (Wildman–Crippen LogP) is 1.42. The number of carbonyl (C=O) groups excluding carboxylic acids is 2. The van der Waals surface area contributed by atoms with Crippen LogP contribution in [0.4, 0.5) is 4.79 Å². The molecule has 0 unspecified atom stereocenters. The second kappa shape index (κ2) is 7.38. The van der Waals surface area contributed by atoms with E-state index >= 15 is 0 Å². The summed E-state index contributed by atoms with van der Waals surface area (Å²) in [5.74, 6) is -0.183. The number of piperidine rings is 1. The average molecular weight is 343 g/mol. The Balaban J connectivity index is 1.59. The van der Waals surface area contributed by atoms with Crippen molar-refractivity contribution in [1.29, 1.82) is 0 Å². The molecule has 0 atom stereocenters. The molecule has 2 amide bonds. The van der Waals surface area contributed by atoms with E-state index in [0.29, 0.717) is 31.5 Å². The van der Waals surface area contributed by atoms with Gasteiger partial charge >= 0.3 is 6.09 Å². The molecule has 2 heterocycles. The molecular formula is C18H21N3O4. The van der Waals surface area contributed by atoms with Crippen LogP contribution in [0.3, 0.4) is 0 Å². The smallest absolute Gasteiger partial charge is 0.409 e. The summed E-state index contributed by atoms with van der Waals surface area (Å²) in [4.78, 5) is 40.3. The van der Waals surface area contributed by atoms with Crippen LogP contribution in [0.2, 0.25) is 0 Å². The summed E-state index contributed by atoms with van der Waals surface area (Å²) >= 11 is 0. The lowest BCUT2D eigenvalue weighted by atomic mass is 10.0. The molecule has 1 aromatic carbocycles. The highest BCUT2D eigenvalue weighted by Crippen LogP contribution is 2.13. The van der Waals surface area contributed by atoms with Gasteiger partial charge in [0.2, 0.25) is 5.91 Å². The number of amides is 2. The molecule has 25 heavy (non-hydrogen) atoms. The summed E-state index contributed by atoms with van der Waals surface area (Å²) in [6.07, 6.45) is 1.05. The van der Waals surface area contributed by atoms with Crippen LogP contribution in [0, 0.1) is 0 Å². The fourth-order valence-corrected chi connectivity index (χ4v) is 3.11. The quantitative estimate of drug-likeness (QED) is 0.882. The highest BCUT2D eigenvalue weighted by Gasteiger charge is 2.24. The third-order valence-electron chi connectivity index (χ3n) is 4.47. The maximum Gasteiger partial charge on any atom is 0.409 e. The Hall–Kier alpha value is -2.83. The van der Waals surface area contributed by atoms with Crippen LogP contribution in [-0.4, -0.2) is 48.1 Å². The topological polar surface area (TPSA) is 91.5 Å². The zero-order valence-electron chi connectivity index (χ0n) is 14.1. The minimum atomic E-state index is -0.340. The maximum absolute atomic E-state index is 12.3. The van der Waals surface area contributed by atoms with Crippen molar-refractivity contribution in [3.05, 3.63) is 46.2 Å². The molecule has 1 aliphatic heterocycles. The zero-order chi connectivity index (χ0) is 17.8. The summed E-state index contributed by atoms with van der Waals surface area (Å²) in [6.45, 7) is 1.10. The number of carbonyl (C=O) groups is 2. The highest BCUT2D eigenvalue weighted by atomic mass is 16.5. The lowest BCUT2D eigenvalue weighted by Gasteiger charge is -2.31. The van der Waals surface area contributed by atoms with Crippen LogP contribution in [-0.2, 0) is 16.0 Å². The number of nitrogens with one attached hydrogen (secondary N) is 2. The number of para-hydroxylation sites is 1. The van der Waals surface area contributed by atoms with Crippen LogP contribution in [0.25, 0.3) is 10.9 Å². The van der Waals surface area contributed by atoms with Gasteiger partial charge in [0.05, 0.1) is 13.5 Å². The molecule has 0 bridgehead atoms. The summed E-state index contributed by atoms with van der Waals surface area (Å²) in [7, 11) is 1.36. The lowest BCUT2D eigenvalue weighted by molar-refractivity contribution is -0.121. The molecular weight excluding hydrogens is 322 g/mol. The van der Waals surface area contributed by atoms with Gasteiger partial charge in [-0.3, -0.25) is 9.59 Å². The third kappa shape index (κ3) is 3.99. The molecule has 1 aliphatic rings. The molecule has 7 heteroatoms. The van der Waals surface area contributed by atoms with Gasteiger partial charge in [-0.25, -0.2) is 4.79 Å². The maximum atomic E-state index is 12.3. The minimum Gasteiger partial charge on any atom is -0.453 e. The van der Waals surface area contributed by atoms with Gasteiger partial charge in [0.15, 0.2) is 0 Å². The van der Waals surface area contributed by atoms with Crippen LogP contribution in [0.5, 0.6) is 0 Å². The van der Waals surface area contributed by atoms with Gasteiger partial charge in [0.1, 0.15) is 0 Å². The van der Waals surface area contributed by atoms with Crippen molar-refractivity contribution in [2.24, 2.45) is 0 Å². The normalized spacial score (nSPS) is 15.2.